The van der Waals surface area contributed by atoms with E-state index in [0.29, 0.717) is 5.02 Å². The number of benzene rings is 1. The lowest BCUT2D eigenvalue weighted by Gasteiger charge is -2.08. The Morgan fingerprint density at radius 1 is 1.22 bits per heavy atom. The largest absolute Gasteiger partial charge is 0.493 e. The molecule has 7 heteroatoms. The van der Waals surface area contributed by atoms with Gasteiger partial charge in [-0.25, -0.2) is 0 Å². The van der Waals surface area contributed by atoms with Gasteiger partial charge in [-0.15, -0.1) is 0 Å². The Bertz CT molecular complexity index is 935. The Hall–Kier alpha value is -2.86. The third-order valence-corrected chi connectivity index (χ3v) is 3.56. The van der Waals surface area contributed by atoms with Crippen LogP contribution in [-0.2, 0) is 6.54 Å². The second-order valence-corrected chi connectivity index (χ2v) is 5.29. The lowest BCUT2D eigenvalue weighted by Crippen LogP contribution is -2.31. The zero-order valence-corrected chi connectivity index (χ0v) is 12.6. The van der Waals surface area contributed by atoms with Crippen LogP contribution in [0.2, 0.25) is 5.02 Å². The number of hydrogen-bond donors (Lipinski definition) is 2. The molecule has 3 aromatic rings. The van der Waals surface area contributed by atoms with E-state index in [1.54, 1.807) is 42.5 Å². The molecule has 2 heterocycles. The molecular formula is C16H12ClN3O3. The number of nitrogens with zero attached hydrogens (tertiary/aromatic N) is 2. The first-order valence-corrected chi connectivity index (χ1v) is 7.17. The number of halogens is 1. The Kier molecular flexibility index (Phi) is 3.99. The summed E-state index contributed by atoms with van der Waals surface area (Å²) in [5, 5.41) is 13.1. The lowest BCUT2D eigenvalue weighted by molar-refractivity contribution is 0.0945. The molecule has 0 saturated carbocycles. The van der Waals surface area contributed by atoms with Crippen molar-refractivity contribution in [3.05, 3.63) is 75.2 Å². The number of carbonyl (C=O) groups is 1. The molecule has 0 bridgehead atoms. The molecule has 3 rings (SSSR count). The van der Waals surface area contributed by atoms with Gasteiger partial charge in [0.1, 0.15) is 5.65 Å². The van der Waals surface area contributed by atoms with Crippen molar-refractivity contribution in [2.45, 2.75) is 6.54 Å². The van der Waals surface area contributed by atoms with Gasteiger partial charge in [0, 0.05) is 17.8 Å². The molecule has 0 aliphatic carbocycles. The van der Waals surface area contributed by atoms with Gasteiger partial charge in [0.25, 0.3) is 11.5 Å². The van der Waals surface area contributed by atoms with Gasteiger partial charge >= 0.3 is 0 Å². The summed E-state index contributed by atoms with van der Waals surface area (Å²) >= 11 is 5.79. The maximum atomic E-state index is 12.3. The fourth-order valence-corrected chi connectivity index (χ4v) is 2.28. The summed E-state index contributed by atoms with van der Waals surface area (Å²) in [6.07, 6.45) is 1.49. The zero-order chi connectivity index (χ0) is 16.4. The van der Waals surface area contributed by atoms with Crippen molar-refractivity contribution >= 4 is 23.2 Å². The highest BCUT2D eigenvalue weighted by Crippen LogP contribution is 2.12. The Morgan fingerprint density at radius 2 is 1.96 bits per heavy atom. The summed E-state index contributed by atoms with van der Waals surface area (Å²) in [6.45, 7) is 0.201. The molecule has 0 saturated heterocycles. The number of nitrogens with one attached hydrogen (secondary N) is 1. The highest BCUT2D eigenvalue weighted by atomic mass is 35.5. The molecular weight excluding hydrogens is 318 g/mol. The minimum Gasteiger partial charge on any atom is -0.493 e. The van der Waals surface area contributed by atoms with E-state index in [1.807, 2.05) is 0 Å². The van der Waals surface area contributed by atoms with Crippen LogP contribution in [0.5, 0.6) is 5.88 Å². The number of carbonyl (C=O) groups excluding carboxylic acids is 1. The number of hydrogen-bond acceptors (Lipinski definition) is 4. The van der Waals surface area contributed by atoms with Crippen molar-refractivity contribution in [2.24, 2.45) is 0 Å². The fourth-order valence-electron chi connectivity index (χ4n) is 2.15. The molecule has 2 aromatic heterocycles. The van der Waals surface area contributed by atoms with Gasteiger partial charge in [-0.3, -0.25) is 14.0 Å². The maximum Gasteiger partial charge on any atom is 0.274 e. The van der Waals surface area contributed by atoms with Crippen LogP contribution in [0.3, 0.4) is 0 Å². The van der Waals surface area contributed by atoms with Crippen molar-refractivity contribution in [2.75, 3.05) is 0 Å². The Balaban J connectivity index is 1.89. The molecule has 0 unspecified atom stereocenters. The second kappa shape index (κ2) is 6.10. The molecule has 23 heavy (non-hydrogen) atoms. The first-order chi connectivity index (χ1) is 11.1. The SMILES string of the molecule is O=C(NCc1ccc(Cl)cc1)c1c(O)nc2ccccn2c1=O. The van der Waals surface area contributed by atoms with E-state index in [2.05, 4.69) is 10.3 Å². The number of fused-ring (bicyclic) bond motifs is 1. The molecule has 0 atom stereocenters. The Labute approximate surface area is 136 Å². The smallest absolute Gasteiger partial charge is 0.274 e. The Morgan fingerprint density at radius 3 is 2.70 bits per heavy atom. The molecule has 116 valence electrons. The molecule has 0 aliphatic heterocycles. The van der Waals surface area contributed by atoms with Crippen molar-refractivity contribution < 1.29 is 9.90 Å². The molecule has 0 radical (unpaired) electrons. The normalized spacial score (nSPS) is 10.7. The molecule has 0 aliphatic rings. The number of rotatable bonds is 3. The molecule has 0 spiro atoms. The maximum absolute atomic E-state index is 12.3. The first kappa shape index (κ1) is 15.1. The average molecular weight is 330 g/mol. The van der Waals surface area contributed by atoms with Crippen molar-refractivity contribution in [1.29, 1.82) is 0 Å². The standard InChI is InChI=1S/C16H12ClN3O3/c17-11-6-4-10(5-7-11)9-18-14(21)13-15(22)19-12-3-1-2-8-20(12)16(13)23/h1-8,22H,9H2,(H,18,21). The molecule has 2 N–H and O–H groups in total. The van der Waals surface area contributed by atoms with E-state index in [1.165, 1.54) is 10.6 Å². The molecule has 1 amide bonds. The molecule has 6 nitrogen and oxygen atoms in total. The van der Waals surface area contributed by atoms with Gasteiger partial charge in [-0.1, -0.05) is 29.8 Å². The first-order valence-electron chi connectivity index (χ1n) is 6.79. The van der Waals surface area contributed by atoms with Crippen LogP contribution in [0.15, 0.2) is 53.5 Å². The second-order valence-electron chi connectivity index (χ2n) is 4.85. The van der Waals surface area contributed by atoms with Crippen LogP contribution in [0.1, 0.15) is 15.9 Å². The summed E-state index contributed by atoms with van der Waals surface area (Å²) in [7, 11) is 0. The van der Waals surface area contributed by atoms with Crippen LogP contribution >= 0.6 is 11.6 Å². The predicted octanol–water partition coefficient (Wildman–Crippen LogP) is 1.98. The van der Waals surface area contributed by atoms with E-state index in [-0.39, 0.29) is 17.8 Å². The highest BCUT2D eigenvalue weighted by Gasteiger charge is 2.19. The van der Waals surface area contributed by atoms with E-state index < -0.39 is 17.3 Å². The summed E-state index contributed by atoms with van der Waals surface area (Å²) in [5.41, 5.74) is 0.0738. The number of aromatic hydroxyl groups is 1. The van der Waals surface area contributed by atoms with Crippen LogP contribution in [0.25, 0.3) is 5.65 Å². The van der Waals surface area contributed by atoms with Gasteiger partial charge in [-0.05, 0) is 29.8 Å². The molecule has 0 fully saturated rings. The van der Waals surface area contributed by atoms with Crippen LogP contribution in [-0.4, -0.2) is 20.4 Å². The minimum atomic E-state index is -0.687. The quantitative estimate of drug-likeness (QED) is 0.769. The summed E-state index contributed by atoms with van der Waals surface area (Å²) in [5.74, 6) is -1.27. The summed E-state index contributed by atoms with van der Waals surface area (Å²) in [4.78, 5) is 28.4. The number of amides is 1. The number of aromatic nitrogens is 2. The van der Waals surface area contributed by atoms with Crippen molar-refractivity contribution in [1.82, 2.24) is 14.7 Å². The van der Waals surface area contributed by atoms with E-state index in [0.717, 1.165) is 5.56 Å². The van der Waals surface area contributed by atoms with Crippen LogP contribution < -0.4 is 10.9 Å². The zero-order valence-electron chi connectivity index (χ0n) is 11.9. The third-order valence-electron chi connectivity index (χ3n) is 3.31. The topological polar surface area (TPSA) is 83.7 Å². The molecule has 1 aromatic carbocycles. The van der Waals surface area contributed by atoms with E-state index in [9.17, 15) is 14.7 Å². The lowest BCUT2D eigenvalue weighted by atomic mass is 10.2. The summed E-state index contributed by atoms with van der Waals surface area (Å²) < 4.78 is 1.21. The summed E-state index contributed by atoms with van der Waals surface area (Å²) in [6, 6.07) is 11.8. The van der Waals surface area contributed by atoms with Gasteiger partial charge in [0.15, 0.2) is 5.56 Å². The van der Waals surface area contributed by atoms with E-state index in [4.69, 9.17) is 11.6 Å². The monoisotopic (exact) mass is 329 g/mol. The van der Waals surface area contributed by atoms with Crippen molar-refractivity contribution in [3.63, 3.8) is 0 Å². The van der Waals surface area contributed by atoms with Gasteiger partial charge in [0.2, 0.25) is 5.88 Å². The van der Waals surface area contributed by atoms with Gasteiger partial charge in [-0.2, -0.15) is 4.98 Å². The third kappa shape index (κ3) is 3.02. The minimum absolute atomic E-state index is 0.201. The van der Waals surface area contributed by atoms with Crippen LogP contribution in [0.4, 0.5) is 0 Å². The predicted molar refractivity (Wildman–Crippen MR) is 85.7 cm³/mol. The van der Waals surface area contributed by atoms with Gasteiger partial charge in [0.05, 0.1) is 0 Å². The highest BCUT2D eigenvalue weighted by molar-refractivity contribution is 6.30. The average Bonchev–Trinajstić information content (AvgIpc) is 2.54. The number of pyridine rings is 1. The fraction of sp³-hybridized carbons (Fsp3) is 0.0625. The van der Waals surface area contributed by atoms with Crippen LogP contribution in [0, 0.1) is 0 Å². The van der Waals surface area contributed by atoms with Crippen molar-refractivity contribution in [3.8, 4) is 5.88 Å². The van der Waals surface area contributed by atoms with Gasteiger partial charge < -0.3 is 10.4 Å². The van der Waals surface area contributed by atoms with E-state index >= 15 is 0 Å².